The van der Waals surface area contributed by atoms with E-state index >= 15 is 0 Å². The first-order valence-corrected chi connectivity index (χ1v) is 3.28. The fourth-order valence-corrected chi connectivity index (χ4v) is 0.968. The van der Waals surface area contributed by atoms with Crippen LogP contribution in [0.15, 0.2) is 24.3 Å². The van der Waals surface area contributed by atoms with Crippen molar-refractivity contribution in [1.29, 1.82) is 0 Å². The lowest BCUT2D eigenvalue weighted by Gasteiger charge is -1.91. The van der Waals surface area contributed by atoms with Crippen molar-refractivity contribution in [3.05, 3.63) is 24.3 Å². The van der Waals surface area contributed by atoms with Crippen LogP contribution in [0.25, 0.3) is 0 Å². The minimum Gasteiger partial charge on any atom is -0.512 e. The SMILES string of the molecule is C#CB1Oc2ccccc2O1. The molecule has 1 aliphatic heterocycles. The lowest BCUT2D eigenvalue weighted by molar-refractivity contribution is 0.521. The molecule has 0 saturated carbocycles. The molecule has 0 saturated heterocycles. The fraction of sp³-hybridized carbons (Fsp3) is 0. The molecule has 0 amide bonds. The third kappa shape index (κ3) is 0.928. The molecule has 1 aromatic carbocycles. The summed E-state index contributed by atoms with van der Waals surface area (Å²) >= 11 is 0. The maximum Gasteiger partial charge on any atom is 0.690 e. The molecule has 0 radical (unpaired) electrons. The van der Waals surface area contributed by atoms with Crippen LogP contribution in [0.2, 0.25) is 0 Å². The summed E-state index contributed by atoms with van der Waals surface area (Å²) in [6, 6.07) is 7.40. The molecule has 0 aromatic heterocycles. The molecule has 0 atom stereocenters. The van der Waals surface area contributed by atoms with E-state index in [1.54, 1.807) is 0 Å². The lowest BCUT2D eigenvalue weighted by atomic mass is 9.94. The van der Waals surface area contributed by atoms with Gasteiger partial charge in [0.2, 0.25) is 0 Å². The third-order valence-corrected chi connectivity index (χ3v) is 1.45. The Balaban J connectivity index is 2.35. The second kappa shape index (κ2) is 2.24. The summed E-state index contributed by atoms with van der Waals surface area (Å²) in [5.41, 5.74) is 0. The highest BCUT2D eigenvalue weighted by Gasteiger charge is 2.29. The van der Waals surface area contributed by atoms with Gasteiger partial charge in [-0.25, -0.2) is 0 Å². The number of fused-ring (bicyclic) bond motifs is 1. The van der Waals surface area contributed by atoms with Crippen LogP contribution in [-0.4, -0.2) is 7.12 Å². The standard InChI is InChI=1S/C8H5BO2/c1-2-9-10-7-5-3-4-6-8(7)11-9/h1,3-6H. The van der Waals surface area contributed by atoms with Crippen LogP contribution in [0.4, 0.5) is 0 Å². The maximum absolute atomic E-state index is 5.20. The molecule has 11 heavy (non-hydrogen) atoms. The molecule has 52 valence electrons. The quantitative estimate of drug-likeness (QED) is 0.401. The molecule has 2 nitrogen and oxygen atoms in total. The average molecular weight is 144 g/mol. The summed E-state index contributed by atoms with van der Waals surface area (Å²) in [6.45, 7) is 0. The summed E-state index contributed by atoms with van der Waals surface area (Å²) in [5, 5.41) is 0. The van der Waals surface area contributed by atoms with Gasteiger partial charge in [-0.3, -0.25) is 0 Å². The van der Waals surface area contributed by atoms with Gasteiger partial charge in [-0.15, -0.1) is 6.42 Å². The Morgan fingerprint density at radius 3 is 2.18 bits per heavy atom. The average Bonchev–Trinajstić information content (AvgIpc) is 2.46. The Morgan fingerprint density at radius 1 is 1.18 bits per heavy atom. The highest BCUT2D eigenvalue weighted by molar-refractivity contribution is 6.57. The van der Waals surface area contributed by atoms with E-state index in [2.05, 4.69) is 5.82 Å². The third-order valence-electron chi connectivity index (χ3n) is 1.45. The van der Waals surface area contributed by atoms with E-state index in [0.29, 0.717) is 0 Å². The van der Waals surface area contributed by atoms with Crippen molar-refractivity contribution >= 4 is 7.12 Å². The highest BCUT2D eigenvalue weighted by Crippen LogP contribution is 2.31. The van der Waals surface area contributed by atoms with E-state index in [4.69, 9.17) is 15.7 Å². The van der Waals surface area contributed by atoms with Gasteiger partial charge in [0.15, 0.2) is 0 Å². The van der Waals surface area contributed by atoms with Crippen LogP contribution in [0.3, 0.4) is 0 Å². The number of hydrogen-bond donors (Lipinski definition) is 0. The predicted molar refractivity (Wildman–Crippen MR) is 42.3 cm³/mol. The molecule has 0 aliphatic carbocycles. The van der Waals surface area contributed by atoms with Gasteiger partial charge in [-0.2, -0.15) is 0 Å². The van der Waals surface area contributed by atoms with E-state index in [9.17, 15) is 0 Å². The van der Waals surface area contributed by atoms with Gasteiger partial charge >= 0.3 is 7.12 Å². The molecule has 0 spiro atoms. The largest absolute Gasteiger partial charge is 0.690 e. The monoisotopic (exact) mass is 144 g/mol. The molecule has 1 aromatic rings. The summed E-state index contributed by atoms with van der Waals surface area (Å²) in [6.07, 6.45) is 5.11. The molecule has 0 bridgehead atoms. The summed E-state index contributed by atoms with van der Waals surface area (Å²) in [4.78, 5) is 0. The number of hydrogen-bond acceptors (Lipinski definition) is 2. The second-order valence-electron chi connectivity index (χ2n) is 2.18. The Labute approximate surface area is 65.3 Å². The van der Waals surface area contributed by atoms with Crippen molar-refractivity contribution in [2.75, 3.05) is 0 Å². The Morgan fingerprint density at radius 2 is 1.73 bits per heavy atom. The number of terminal acetylenes is 1. The molecule has 0 fully saturated rings. The van der Waals surface area contributed by atoms with Gasteiger partial charge in [0.1, 0.15) is 11.5 Å². The van der Waals surface area contributed by atoms with Crippen LogP contribution in [-0.2, 0) is 0 Å². The van der Waals surface area contributed by atoms with Gasteiger partial charge in [-0.05, 0) is 12.1 Å². The predicted octanol–water partition coefficient (Wildman–Crippen LogP) is 1.12. The zero-order valence-electron chi connectivity index (χ0n) is 5.78. The van der Waals surface area contributed by atoms with Crippen molar-refractivity contribution in [3.63, 3.8) is 0 Å². The zero-order chi connectivity index (χ0) is 7.68. The minimum absolute atomic E-state index is 0.549. The van der Waals surface area contributed by atoms with Crippen molar-refractivity contribution in [3.8, 4) is 23.7 Å². The first-order valence-electron chi connectivity index (χ1n) is 3.28. The molecule has 1 heterocycles. The highest BCUT2D eigenvalue weighted by atomic mass is 16.6. The molecular formula is C8H5BO2. The summed E-state index contributed by atoms with van der Waals surface area (Å²) < 4.78 is 10.4. The second-order valence-corrected chi connectivity index (χ2v) is 2.18. The van der Waals surface area contributed by atoms with Crippen molar-refractivity contribution in [1.82, 2.24) is 0 Å². The van der Waals surface area contributed by atoms with Crippen LogP contribution < -0.4 is 9.31 Å². The summed E-state index contributed by atoms with van der Waals surface area (Å²) in [7, 11) is -0.549. The summed E-state index contributed by atoms with van der Waals surface area (Å²) in [5.74, 6) is 3.80. The molecule has 0 unspecified atom stereocenters. The molecule has 2 rings (SSSR count). The molecule has 0 N–H and O–H groups in total. The fourth-order valence-electron chi connectivity index (χ4n) is 0.968. The van der Waals surface area contributed by atoms with Crippen molar-refractivity contribution < 1.29 is 9.31 Å². The van der Waals surface area contributed by atoms with Gasteiger partial charge in [0.25, 0.3) is 0 Å². The van der Waals surface area contributed by atoms with Gasteiger partial charge in [-0.1, -0.05) is 18.0 Å². The lowest BCUT2D eigenvalue weighted by Crippen LogP contribution is -2.21. The molecule has 1 aliphatic rings. The van der Waals surface area contributed by atoms with Crippen LogP contribution in [0.1, 0.15) is 0 Å². The Hall–Kier alpha value is -1.56. The van der Waals surface area contributed by atoms with Crippen LogP contribution in [0, 0.1) is 12.2 Å². The first-order chi connectivity index (χ1) is 5.40. The minimum atomic E-state index is -0.549. The Kier molecular flexibility index (Phi) is 1.26. The van der Waals surface area contributed by atoms with E-state index in [1.807, 2.05) is 24.3 Å². The first kappa shape index (κ1) is 6.17. The topological polar surface area (TPSA) is 18.5 Å². The van der Waals surface area contributed by atoms with Crippen LogP contribution in [0.5, 0.6) is 11.5 Å². The molecular weight excluding hydrogens is 139 g/mol. The number of benzene rings is 1. The maximum atomic E-state index is 5.20. The van der Waals surface area contributed by atoms with Gasteiger partial charge in [0.05, 0.1) is 0 Å². The van der Waals surface area contributed by atoms with E-state index < -0.39 is 7.12 Å². The Bertz CT molecular complexity index is 291. The van der Waals surface area contributed by atoms with Crippen molar-refractivity contribution in [2.45, 2.75) is 0 Å². The van der Waals surface area contributed by atoms with E-state index in [0.717, 1.165) is 11.5 Å². The molecule has 3 heteroatoms. The van der Waals surface area contributed by atoms with E-state index in [-0.39, 0.29) is 0 Å². The van der Waals surface area contributed by atoms with Gasteiger partial charge < -0.3 is 9.31 Å². The smallest absolute Gasteiger partial charge is 0.512 e. The number of para-hydroxylation sites is 2. The number of rotatable bonds is 0. The normalized spacial score (nSPS) is 12.8. The zero-order valence-corrected chi connectivity index (χ0v) is 5.78. The van der Waals surface area contributed by atoms with E-state index in [1.165, 1.54) is 0 Å². The van der Waals surface area contributed by atoms with Crippen LogP contribution >= 0.6 is 0 Å². The van der Waals surface area contributed by atoms with Gasteiger partial charge in [0, 0.05) is 0 Å². The van der Waals surface area contributed by atoms with Crippen molar-refractivity contribution in [2.24, 2.45) is 0 Å².